The van der Waals surface area contributed by atoms with Gasteiger partial charge in [0.25, 0.3) is 5.91 Å². The van der Waals surface area contributed by atoms with Gasteiger partial charge in [-0.2, -0.15) is 0 Å². The maximum Gasteiger partial charge on any atom is 0.262 e. The van der Waals surface area contributed by atoms with Gasteiger partial charge in [0.05, 0.1) is 5.56 Å². The van der Waals surface area contributed by atoms with Gasteiger partial charge in [0.2, 0.25) is 0 Å². The summed E-state index contributed by atoms with van der Waals surface area (Å²) >= 11 is 0. The molecule has 0 fully saturated rings. The SMILES string of the molecule is CCNc1nccc(C(=O)N(C)c2ccccn2)c1F. The number of amides is 1. The van der Waals surface area contributed by atoms with Gasteiger partial charge in [0, 0.05) is 26.0 Å². The molecule has 5 nitrogen and oxygen atoms in total. The molecule has 0 aromatic carbocycles. The van der Waals surface area contributed by atoms with E-state index in [0.717, 1.165) is 0 Å². The topological polar surface area (TPSA) is 58.1 Å². The Labute approximate surface area is 116 Å². The second-order valence-corrected chi connectivity index (χ2v) is 4.10. The number of nitrogens with zero attached hydrogens (tertiary/aromatic N) is 3. The molecular weight excluding hydrogens is 259 g/mol. The number of hydrogen-bond acceptors (Lipinski definition) is 4. The predicted molar refractivity (Wildman–Crippen MR) is 75.3 cm³/mol. The van der Waals surface area contributed by atoms with E-state index in [1.165, 1.54) is 17.2 Å². The number of pyridine rings is 2. The zero-order chi connectivity index (χ0) is 14.5. The molecule has 0 radical (unpaired) electrons. The number of halogens is 1. The number of carbonyl (C=O) groups is 1. The van der Waals surface area contributed by atoms with Crippen LogP contribution in [-0.2, 0) is 0 Å². The van der Waals surface area contributed by atoms with Crippen molar-refractivity contribution < 1.29 is 9.18 Å². The monoisotopic (exact) mass is 274 g/mol. The fraction of sp³-hybridized carbons (Fsp3) is 0.214. The van der Waals surface area contributed by atoms with E-state index in [1.54, 1.807) is 31.4 Å². The van der Waals surface area contributed by atoms with Gasteiger partial charge < -0.3 is 5.32 Å². The summed E-state index contributed by atoms with van der Waals surface area (Å²) in [7, 11) is 1.55. The van der Waals surface area contributed by atoms with Crippen LogP contribution in [0.1, 0.15) is 17.3 Å². The summed E-state index contributed by atoms with van der Waals surface area (Å²) in [5.74, 6) is -0.587. The Hall–Kier alpha value is -2.50. The van der Waals surface area contributed by atoms with Gasteiger partial charge in [-0.25, -0.2) is 14.4 Å². The molecule has 1 N–H and O–H groups in total. The largest absolute Gasteiger partial charge is 0.368 e. The van der Waals surface area contributed by atoms with Crippen LogP contribution < -0.4 is 10.2 Å². The molecule has 2 aromatic rings. The summed E-state index contributed by atoms with van der Waals surface area (Å²) in [5, 5.41) is 2.78. The average molecular weight is 274 g/mol. The lowest BCUT2D eigenvalue weighted by molar-refractivity contribution is 0.0988. The van der Waals surface area contributed by atoms with Crippen LogP contribution in [-0.4, -0.2) is 29.5 Å². The third kappa shape index (κ3) is 2.74. The molecule has 0 aliphatic heterocycles. The van der Waals surface area contributed by atoms with Gasteiger partial charge >= 0.3 is 0 Å². The summed E-state index contributed by atoms with van der Waals surface area (Å²) in [4.78, 5) is 21.5. The van der Waals surface area contributed by atoms with Gasteiger partial charge in [-0.1, -0.05) is 6.07 Å². The second kappa shape index (κ2) is 6.10. The molecule has 0 aliphatic rings. The quantitative estimate of drug-likeness (QED) is 0.929. The van der Waals surface area contributed by atoms with Gasteiger partial charge in [-0.15, -0.1) is 0 Å². The Morgan fingerprint density at radius 3 is 2.75 bits per heavy atom. The maximum atomic E-state index is 14.2. The van der Waals surface area contributed by atoms with Crippen LogP contribution in [0.5, 0.6) is 0 Å². The van der Waals surface area contributed by atoms with Gasteiger partial charge in [0.1, 0.15) is 5.82 Å². The standard InChI is InChI=1S/C14H15FN4O/c1-3-16-13-12(15)10(7-9-18-13)14(20)19(2)11-6-4-5-8-17-11/h4-9H,3H2,1-2H3,(H,16,18). The molecular formula is C14H15FN4O. The lowest BCUT2D eigenvalue weighted by Crippen LogP contribution is -2.28. The van der Waals surface area contributed by atoms with E-state index in [0.29, 0.717) is 12.4 Å². The van der Waals surface area contributed by atoms with Crippen LogP contribution >= 0.6 is 0 Å². The van der Waals surface area contributed by atoms with Gasteiger partial charge in [0.15, 0.2) is 11.6 Å². The molecule has 20 heavy (non-hydrogen) atoms. The second-order valence-electron chi connectivity index (χ2n) is 4.10. The summed E-state index contributed by atoms with van der Waals surface area (Å²) < 4.78 is 14.2. The summed E-state index contributed by atoms with van der Waals surface area (Å²) in [6.07, 6.45) is 2.98. The third-order valence-electron chi connectivity index (χ3n) is 2.76. The van der Waals surface area contributed by atoms with Crippen molar-refractivity contribution in [1.29, 1.82) is 0 Å². The first-order valence-electron chi connectivity index (χ1n) is 6.22. The third-order valence-corrected chi connectivity index (χ3v) is 2.76. The van der Waals surface area contributed by atoms with Crippen LogP contribution in [0.25, 0.3) is 0 Å². The number of nitrogens with one attached hydrogen (secondary N) is 1. The zero-order valence-electron chi connectivity index (χ0n) is 11.3. The van der Waals surface area contributed by atoms with Crippen molar-refractivity contribution in [2.45, 2.75) is 6.92 Å². The fourth-order valence-corrected chi connectivity index (χ4v) is 1.74. The van der Waals surface area contributed by atoms with Crippen molar-refractivity contribution in [2.75, 3.05) is 23.8 Å². The van der Waals surface area contributed by atoms with Crippen LogP contribution in [0.2, 0.25) is 0 Å². The Kier molecular flexibility index (Phi) is 4.24. The molecule has 2 heterocycles. The minimum Gasteiger partial charge on any atom is -0.368 e. The maximum absolute atomic E-state index is 14.2. The summed E-state index contributed by atoms with van der Waals surface area (Å²) in [6, 6.07) is 6.55. The van der Waals surface area contributed by atoms with Crippen LogP contribution in [0.3, 0.4) is 0 Å². The Bertz CT molecular complexity index is 603. The molecule has 104 valence electrons. The Morgan fingerprint density at radius 1 is 1.30 bits per heavy atom. The molecule has 0 saturated heterocycles. The van der Waals surface area contributed by atoms with E-state index in [2.05, 4.69) is 15.3 Å². The molecule has 1 amide bonds. The minimum atomic E-state index is -0.651. The molecule has 0 spiro atoms. The van der Waals surface area contributed by atoms with E-state index in [4.69, 9.17) is 0 Å². The highest BCUT2D eigenvalue weighted by Gasteiger charge is 2.20. The molecule has 6 heteroatoms. The lowest BCUT2D eigenvalue weighted by Gasteiger charge is -2.17. The summed E-state index contributed by atoms with van der Waals surface area (Å²) in [5.41, 5.74) is -0.0379. The van der Waals surface area contributed by atoms with E-state index in [9.17, 15) is 9.18 Å². The highest BCUT2D eigenvalue weighted by Crippen LogP contribution is 2.18. The number of rotatable bonds is 4. The number of anilines is 2. The highest BCUT2D eigenvalue weighted by atomic mass is 19.1. The molecule has 2 aromatic heterocycles. The fourth-order valence-electron chi connectivity index (χ4n) is 1.74. The first-order valence-corrected chi connectivity index (χ1v) is 6.22. The number of carbonyl (C=O) groups excluding carboxylic acids is 1. The van der Waals surface area contributed by atoms with Crippen molar-refractivity contribution in [1.82, 2.24) is 9.97 Å². The molecule has 0 bridgehead atoms. The van der Waals surface area contributed by atoms with E-state index >= 15 is 0 Å². The van der Waals surface area contributed by atoms with Crippen molar-refractivity contribution in [3.8, 4) is 0 Å². The Balaban J connectivity index is 2.32. The van der Waals surface area contributed by atoms with E-state index in [-0.39, 0.29) is 11.4 Å². The minimum absolute atomic E-state index is 0.0379. The van der Waals surface area contributed by atoms with Crippen molar-refractivity contribution in [3.05, 3.63) is 48.0 Å². The van der Waals surface area contributed by atoms with Crippen LogP contribution in [0, 0.1) is 5.82 Å². The van der Waals surface area contributed by atoms with Gasteiger partial charge in [-0.3, -0.25) is 9.69 Å². The summed E-state index contributed by atoms with van der Waals surface area (Å²) in [6.45, 7) is 2.35. The lowest BCUT2D eigenvalue weighted by atomic mass is 10.2. The van der Waals surface area contributed by atoms with E-state index < -0.39 is 11.7 Å². The average Bonchev–Trinajstić information content (AvgIpc) is 2.49. The number of aromatic nitrogens is 2. The highest BCUT2D eigenvalue weighted by molar-refractivity contribution is 6.05. The van der Waals surface area contributed by atoms with Crippen molar-refractivity contribution in [3.63, 3.8) is 0 Å². The first kappa shape index (κ1) is 13.9. The zero-order valence-corrected chi connectivity index (χ0v) is 11.3. The normalized spacial score (nSPS) is 10.2. The number of hydrogen-bond donors (Lipinski definition) is 1. The van der Waals surface area contributed by atoms with Crippen LogP contribution in [0.4, 0.5) is 16.0 Å². The molecule has 2 rings (SSSR count). The first-order chi connectivity index (χ1) is 9.65. The Morgan fingerprint density at radius 2 is 2.10 bits per heavy atom. The van der Waals surface area contributed by atoms with Crippen molar-refractivity contribution in [2.24, 2.45) is 0 Å². The molecule has 0 saturated carbocycles. The molecule has 0 atom stereocenters. The van der Waals surface area contributed by atoms with Crippen molar-refractivity contribution >= 4 is 17.5 Å². The smallest absolute Gasteiger partial charge is 0.262 e. The molecule has 0 unspecified atom stereocenters. The predicted octanol–water partition coefficient (Wildman–Crippen LogP) is 2.32. The van der Waals surface area contributed by atoms with E-state index in [1.807, 2.05) is 6.92 Å². The van der Waals surface area contributed by atoms with Crippen LogP contribution in [0.15, 0.2) is 36.7 Å². The van der Waals surface area contributed by atoms with Gasteiger partial charge in [-0.05, 0) is 25.1 Å². The molecule has 0 aliphatic carbocycles.